The van der Waals surface area contributed by atoms with Crippen molar-refractivity contribution in [2.75, 3.05) is 14.2 Å². The number of halogens is 1. The maximum atomic E-state index is 5.41. The fraction of sp³-hybridized carbons (Fsp3) is 0.778. The summed E-state index contributed by atoms with van der Waals surface area (Å²) in [6.45, 7) is 0. The van der Waals surface area contributed by atoms with E-state index in [1.807, 2.05) is 0 Å². The lowest BCUT2D eigenvalue weighted by atomic mass is 10.0. The highest BCUT2D eigenvalue weighted by Crippen LogP contribution is 2.52. The zero-order chi connectivity index (χ0) is 8.72. The maximum absolute atomic E-state index is 5.41. The van der Waals surface area contributed by atoms with E-state index in [4.69, 9.17) is 9.47 Å². The van der Waals surface area contributed by atoms with Crippen LogP contribution in [0.15, 0.2) is 12.2 Å². The number of fused-ring (bicyclic) bond motifs is 1. The first-order valence-corrected chi connectivity index (χ1v) is 5.09. The van der Waals surface area contributed by atoms with Gasteiger partial charge in [-0.25, -0.2) is 0 Å². The third-order valence-electron chi connectivity index (χ3n) is 2.81. The summed E-state index contributed by atoms with van der Waals surface area (Å²) in [5.41, 5.74) is 0. The Kier molecular flexibility index (Phi) is 2.27. The van der Waals surface area contributed by atoms with Crippen molar-refractivity contribution in [2.24, 2.45) is 11.8 Å². The summed E-state index contributed by atoms with van der Waals surface area (Å²) in [6, 6.07) is 0. The number of methoxy groups -OCH3 is 2. The smallest absolute Gasteiger partial charge is 0.102 e. The summed E-state index contributed by atoms with van der Waals surface area (Å²) in [4.78, 5) is 0.596. The highest BCUT2D eigenvalue weighted by Gasteiger charge is 2.55. The molecule has 0 heterocycles. The van der Waals surface area contributed by atoms with Crippen LogP contribution in [0.2, 0.25) is 0 Å². The van der Waals surface area contributed by atoms with Crippen molar-refractivity contribution in [3.05, 3.63) is 12.2 Å². The van der Waals surface area contributed by atoms with Crippen LogP contribution >= 0.6 is 15.9 Å². The van der Waals surface area contributed by atoms with Gasteiger partial charge in [-0.3, -0.25) is 0 Å². The molecule has 2 aliphatic rings. The second-order valence-corrected chi connectivity index (χ2v) is 4.44. The molecule has 0 aromatic rings. The predicted molar refractivity (Wildman–Crippen MR) is 50.4 cm³/mol. The summed E-state index contributed by atoms with van der Waals surface area (Å²) in [6.07, 6.45) is 4.71. The number of hydrogen-bond acceptors (Lipinski definition) is 2. The molecule has 0 saturated heterocycles. The van der Waals surface area contributed by atoms with Crippen LogP contribution in [0.4, 0.5) is 0 Å². The van der Waals surface area contributed by atoms with E-state index in [0.717, 1.165) is 0 Å². The zero-order valence-electron chi connectivity index (χ0n) is 7.24. The van der Waals surface area contributed by atoms with Gasteiger partial charge in [0.25, 0.3) is 0 Å². The lowest BCUT2D eigenvalue weighted by Crippen LogP contribution is -2.33. The first-order chi connectivity index (χ1) is 5.79. The summed E-state index contributed by atoms with van der Waals surface area (Å²) >= 11 is 3.63. The molecule has 0 N–H and O–H groups in total. The number of alkyl halides is 1. The van der Waals surface area contributed by atoms with Crippen LogP contribution in [0.25, 0.3) is 0 Å². The average molecular weight is 233 g/mol. The highest BCUT2D eigenvalue weighted by molar-refractivity contribution is 9.09. The largest absolute Gasteiger partial charge is 0.378 e. The van der Waals surface area contributed by atoms with Crippen molar-refractivity contribution in [1.82, 2.24) is 0 Å². The molecule has 0 aromatic heterocycles. The molecule has 3 heteroatoms. The van der Waals surface area contributed by atoms with E-state index in [2.05, 4.69) is 28.1 Å². The Hall–Kier alpha value is 0.140. The SMILES string of the molecule is CO[C@H]1[C@@H]2C(Br)[C@@H]2C=C[C@H]1OC. The summed E-state index contributed by atoms with van der Waals surface area (Å²) in [5.74, 6) is 1.28. The van der Waals surface area contributed by atoms with Gasteiger partial charge in [-0.1, -0.05) is 28.1 Å². The molecule has 68 valence electrons. The molecule has 2 rings (SSSR count). The fourth-order valence-corrected chi connectivity index (χ4v) is 3.03. The monoisotopic (exact) mass is 232 g/mol. The van der Waals surface area contributed by atoms with Gasteiger partial charge in [-0.05, 0) is 5.92 Å². The van der Waals surface area contributed by atoms with E-state index >= 15 is 0 Å². The van der Waals surface area contributed by atoms with Crippen LogP contribution in [0, 0.1) is 11.8 Å². The molecule has 1 fully saturated rings. The summed E-state index contributed by atoms with van der Waals surface area (Å²) in [7, 11) is 3.48. The van der Waals surface area contributed by atoms with Gasteiger partial charge in [-0.2, -0.15) is 0 Å². The number of hydrogen-bond donors (Lipinski definition) is 0. The van der Waals surface area contributed by atoms with Gasteiger partial charge in [0, 0.05) is 25.0 Å². The van der Waals surface area contributed by atoms with Crippen LogP contribution in [-0.4, -0.2) is 31.3 Å². The van der Waals surface area contributed by atoms with Gasteiger partial charge in [0.15, 0.2) is 0 Å². The molecule has 0 radical (unpaired) electrons. The van der Waals surface area contributed by atoms with E-state index in [1.165, 1.54) is 0 Å². The summed E-state index contributed by atoms with van der Waals surface area (Å²) < 4.78 is 10.7. The van der Waals surface area contributed by atoms with Crippen molar-refractivity contribution in [1.29, 1.82) is 0 Å². The molecule has 0 aliphatic heterocycles. The second kappa shape index (κ2) is 3.13. The Balaban J connectivity index is 2.11. The Bertz CT molecular complexity index is 205. The van der Waals surface area contributed by atoms with E-state index in [1.54, 1.807) is 14.2 Å². The lowest BCUT2D eigenvalue weighted by Gasteiger charge is -2.24. The second-order valence-electron chi connectivity index (χ2n) is 3.38. The number of rotatable bonds is 2. The van der Waals surface area contributed by atoms with Crippen LogP contribution in [0.1, 0.15) is 0 Å². The standard InChI is InChI=1S/C9H13BrO2/c1-11-6-4-3-5-7(8(5)10)9(6)12-2/h3-9H,1-2H3/t5-,6-,7+,8?,9-/m1/s1. The van der Waals surface area contributed by atoms with E-state index in [0.29, 0.717) is 16.7 Å². The minimum Gasteiger partial charge on any atom is -0.378 e. The molecule has 5 atom stereocenters. The predicted octanol–water partition coefficient (Wildman–Crippen LogP) is 1.60. The fourth-order valence-electron chi connectivity index (χ4n) is 2.02. The molecule has 0 bridgehead atoms. The van der Waals surface area contributed by atoms with Gasteiger partial charge in [0.05, 0.1) is 6.10 Å². The molecule has 1 saturated carbocycles. The Morgan fingerprint density at radius 1 is 1.17 bits per heavy atom. The minimum absolute atomic E-state index is 0.138. The minimum atomic E-state index is 0.138. The Morgan fingerprint density at radius 3 is 2.50 bits per heavy atom. The van der Waals surface area contributed by atoms with E-state index < -0.39 is 0 Å². The van der Waals surface area contributed by atoms with Crippen molar-refractivity contribution in [3.63, 3.8) is 0 Å². The van der Waals surface area contributed by atoms with Gasteiger partial charge >= 0.3 is 0 Å². The third-order valence-corrected chi connectivity index (χ3v) is 4.03. The Labute approximate surface area is 81.1 Å². The Morgan fingerprint density at radius 2 is 1.92 bits per heavy atom. The van der Waals surface area contributed by atoms with Crippen LogP contribution in [0.3, 0.4) is 0 Å². The molecule has 0 spiro atoms. The molecule has 2 aliphatic carbocycles. The van der Waals surface area contributed by atoms with Crippen molar-refractivity contribution in [2.45, 2.75) is 17.0 Å². The van der Waals surface area contributed by atoms with Gasteiger partial charge in [0.2, 0.25) is 0 Å². The topological polar surface area (TPSA) is 18.5 Å². The van der Waals surface area contributed by atoms with Gasteiger partial charge < -0.3 is 9.47 Å². The molecule has 2 nitrogen and oxygen atoms in total. The molecular formula is C9H13BrO2. The van der Waals surface area contributed by atoms with E-state index in [-0.39, 0.29) is 12.2 Å². The van der Waals surface area contributed by atoms with Crippen molar-refractivity contribution in [3.8, 4) is 0 Å². The normalized spacial score (nSPS) is 50.4. The zero-order valence-corrected chi connectivity index (χ0v) is 8.82. The van der Waals surface area contributed by atoms with E-state index in [9.17, 15) is 0 Å². The molecule has 0 amide bonds. The highest BCUT2D eigenvalue weighted by atomic mass is 79.9. The van der Waals surface area contributed by atoms with Crippen LogP contribution < -0.4 is 0 Å². The number of allylic oxidation sites excluding steroid dienone is 1. The van der Waals surface area contributed by atoms with Crippen LogP contribution in [-0.2, 0) is 9.47 Å². The lowest BCUT2D eigenvalue weighted by molar-refractivity contribution is -0.0278. The molecule has 1 unspecified atom stereocenters. The van der Waals surface area contributed by atoms with Gasteiger partial charge in [0.1, 0.15) is 6.10 Å². The molecule has 0 aromatic carbocycles. The molecular weight excluding hydrogens is 220 g/mol. The average Bonchev–Trinajstić information content (AvgIpc) is 2.76. The van der Waals surface area contributed by atoms with Crippen molar-refractivity contribution >= 4 is 15.9 Å². The van der Waals surface area contributed by atoms with Crippen molar-refractivity contribution < 1.29 is 9.47 Å². The quantitative estimate of drug-likeness (QED) is 0.532. The van der Waals surface area contributed by atoms with Gasteiger partial charge in [-0.15, -0.1) is 0 Å². The summed E-state index contributed by atoms with van der Waals surface area (Å²) in [5, 5.41) is 0. The third kappa shape index (κ3) is 1.15. The molecule has 12 heavy (non-hydrogen) atoms. The first kappa shape index (κ1) is 8.73. The maximum Gasteiger partial charge on any atom is 0.102 e. The first-order valence-electron chi connectivity index (χ1n) is 4.17. The number of ether oxygens (including phenoxy) is 2. The van der Waals surface area contributed by atoms with Crippen LogP contribution in [0.5, 0.6) is 0 Å².